The lowest BCUT2D eigenvalue weighted by molar-refractivity contribution is -0.0689. The van der Waals surface area contributed by atoms with E-state index in [0.717, 1.165) is 5.56 Å². The molecule has 8 heteroatoms. The molecule has 0 bridgehead atoms. The summed E-state index contributed by atoms with van der Waals surface area (Å²) < 4.78 is 32.8. The molecule has 1 fully saturated rings. The first-order chi connectivity index (χ1) is 13.3. The highest BCUT2D eigenvalue weighted by Crippen LogP contribution is 2.08. The Morgan fingerprint density at radius 2 is 1.44 bits per heavy atom. The van der Waals surface area contributed by atoms with Crippen molar-refractivity contribution in [3.05, 3.63) is 35.4 Å². The summed E-state index contributed by atoms with van der Waals surface area (Å²) in [5.41, 5.74) is 1.54. The summed E-state index contributed by atoms with van der Waals surface area (Å²) in [5.74, 6) is 0.234. The molecule has 2 rings (SSSR count). The lowest BCUT2D eigenvalue weighted by Gasteiger charge is -2.18. The molecule has 0 amide bonds. The second-order valence-corrected chi connectivity index (χ2v) is 6.17. The molecule has 0 radical (unpaired) electrons. The van der Waals surface area contributed by atoms with Gasteiger partial charge in [-0.3, -0.25) is 0 Å². The first kappa shape index (κ1) is 22.1. The molecule has 0 aromatic heterocycles. The van der Waals surface area contributed by atoms with Gasteiger partial charge in [0.25, 0.3) is 0 Å². The van der Waals surface area contributed by atoms with Crippen LogP contribution in [-0.2, 0) is 34.2 Å². The number of hydrogen-bond donors (Lipinski definition) is 1. The Labute approximate surface area is 165 Å². The number of hydrogen-bond acceptors (Lipinski definition) is 8. The van der Waals surface area contributed by atoms with Gasteiger partial charge >= 0.3 is 5.97 Å². The minimum Gasteiger partial charge on any atom is -0.459 e. The van der Waals surface area contributed by atoms with Crippen LogP contribution >= 0.6 is 12.6 Å². The van der Waals surface area contributed by atoms with Crippen molar-refractivity contribution >= 4 is 18.6 Å². The van der Waals surface area contributed by atoms with E-state index in [1.807, 2.05) is 12.1 Å². The van der Waals surface area contributed by atoms with Crippen LogP contribution in [0.4, 0.5) is 0 Å². The van der Waals surface area contributed by atoms with Crippen molar-refractivity contribution in [2.24, 2.45) is 0 Å². The van der Waals surface area contributed by atoms with E-state index < -0.39 is 5.97 Å². The second kappa shape index (κ2) is 13.9. The van der Waals surface area contributed by atoms with E-state index in [4.69, 9.17) is 28.4 Å². The lowest BCUT2D eigenvalue weighted by Crippen LogP contribution is -2.29. The van der Waals surface area contributed by atoms with E-state index in [2.05, 4.69) is 12.6 Å². The third-order valence-electron chi connectivity index (χ3n) is 3.77. The SMILES string of the molecule is O=C(OCC1COCCOCCOCCOCCO1)c1ccc(CS)cc1. The van der Waals surface area contributed by atoms with Crippen molar-refractivity contribution in [1.29, 1.82) is 0 Å². The van der Waals surface area contributed by atoms with Crippen LogP contribution in [0.1, 0.15) is 15.9 Å². The fourth-order valence-corrected chi connectivity index (χ4v) is 2.50. The summed E-state index contributed by atoms with van der Waals surface area (Å²) in [4.78, 5) is 12.2. The van der Waals surface area contributed by atoms with Gasteiger partial charge in [-0.2, -0.15) is 12.6 Å². The number of thiol groups is 1. The molecule has 1 saturated heterocycles. The molecule has 1 aliphatic heterocycles. The molecule has 1 atom stereocenters. The van der Waals surface area contributed by atoms with Gasteiger partial charge in [-0.1, -0.05) is 12.1 Å². The van der Waals surface area contributed by atoms with Crippen molar-refractivity contribution < 1.29 is 33.2 Å². The minimum atomic E-state index is -0.392. The molecule has 0 saturated carbocycles. The van der Waals surface area contributed by atoms with Gasteiger partial charge in [-0.15, -0.1) is 0 Å². The van der Waals surface area contributed by atoms with Crippen LogP contribution in [0, 0.1) is 0 Å². The van der Waals surface area contributed by atoms with Gasteiger partial charge in [0.05, 0.1) is 65.0 Å². The first-order valence-electron chi connectivity index (χ1n) is 9.09. The molecule has 1 aromatic rings. The highest BCUT2D eigenvalue weighted by molar-refractivity contribution is 7.79. The van der Waals surface area contributed by atoms with E-state index >= 15 is 0 Å². The molecular weight excluding hydrogens is 372 g/mol. The normalized spacial score (nSPS) is 21.0. The summed E-state index contributed by atoms with van der Waals surface area (Å²) >= 11 is 4.20. The number of carbonyl (C=O) groups is 1. The summed E-state index contributed by atoms with van der Waals surface area (Å²) in [5, 5.41) is 0. The van der Waals surface area contributed by atoms with Gasteiger partial charge < -0.3 is 28.4 Å². The third-order valence-corrected chi connectivity index (χ3v) is 4.14. The first-order valence-corrected chi connectivity index (χ1v) is 9.72. The molecule has 0 spiro atoms. The number of benzene rings is 1. The van der Waals surface area contributed by atoms with E-state index in [1.54, 1.807) is 12.1 Å². The average Bonchev–Trinajstić information content (AvgIpc) is 2.71. The average molecular weight is 400 g/mol. The van der Waals surface area contributed by atoms with Gasteiger partial charge in [0, 0.05) is 5.75 Å². The van der Waals surface area contributed by atoms with Crippen LogP contribution in [0.15, 0.2) is 24.3 Å². The predicted molar refractivity (Wildman–Crippen MR) is 102 cm³/mol. The maximum absolute atomic E-state index is 12.2. The zero-order valence-corrected chi connectivity index (χ0v) is 16.4. The summed E-state index contributed by atoms with van der Waals surface area (Å²) in [6.45, 7) is 4.24. The van der Waals surface area contributed by atoms with Crippen LogP contribution in [0.5, 0.6) is 0 Å². The monoisotopic (exact) mass is 400 g/mol. The van der Waals surface area contributed by atoms with Gasteiger partial charge in [-0.05, 0) is 17.7 Å². The smallest absolute Gasteiger partial charge is 0.338 e. The van der Waals surface area contributed by atoms with Crippen LogP contribution in [0.3, 0.4) is 0 Å². The molecule has 7 nitrogen and oxygen atoms in total. The molecule has 1 heterocycles. The Balaban J connectivity index is 1.77. The second-order valence-electron chi connectivity index (χ2n) is 5.86. The standard InChI is InChI=1S/C19H28O7S/c20-19(17-3-1-16(15-27)2-4-17)26-14-18-13-24-10-9-22-6-5-21-7-8-23-11-12-25-18/h1-4,18,27H,5-15H2. The van der Waals surface area contributed by atoms with E-state index in [1.165, 1.54) is 0 Å². The highest BCUT2D eigenvalue weighted by Gasteiger charge is 2.15. The van der Waals surface area contributed by atoms with E-state index in [9.17, 15) is 4.79 Å². The Morgan fingerprint density at radius 1 is 0.889 bits per heavy atom. The summed E-state index contributed by atoms with van der Waals surface area (Å²) in [6.07, 6.45) is -0.365. The Kier molecular flexibility index (Phi) is 11.4. The lowest BCUT2D eigenvalue weighted by atomic mass is 10.1. The Hall–Kier alpha value is -1.16. The van der Waals surface area contributed by atoms with Crippen molar-refractivity contribution in [3.63, 3.8) is 0 Å². The van der Waals surface area contributed by atoms with Crippen molar-refractivity contribution in [2.45, 2.75) is 11.9 Å². The largest absolute Gasteiger partial charge is 0.459 e. The number of ether oxygens (including phenoxy) is 6. The molecular formula is C19H28O7S. The molecule has 1 aromatic carbocycles. The van der Waals surface area contributed by atoms with Crippen LogP contribution in [0.2, 0.25) is 0 Å². The third kappa shape index (κ3) is 9.55. The molecule has 0 aliphatic carbocycles. The zero-order valence-electron chi connectivity index (χ0n) is 15.5. The van der Waals surface area contributed by atoms with Gasteiger partial charge in [0.15, 0.2) is 0 Å². The van der Waals surface area contributed by atoms with Crippen LogP contribution in [-0.4, -0.2) is 78.1 Å². The predicted octanol–water partition coefficient (Wildman–Crippen LogP) is 1.74. The van der Waals surface area contributed by atoms with Crippen LogP contribution < -0.4 is 0 Å². The van der Waals surface area contributed by atoms with Crippen molar-refractivity contribution in [1.82, 2.24) is 0 Å². The summed E-state index contributed by atoms with van der Waals surface area (Å²) in [7, 11) is 0. The summed E-state index contributed by atoms with van der Waals surface area (Å²) in [6, 6.07) is 7.17. The van der Waals surface area contributed by atoms with Gasteiger partial charge in [-0.25, -0.2) is 4.79 Å². The Morgan fingerprint density at radius 3 is 2.04 bits per heavy atom. The topological polar surface area (TPSA) is 72.5 Å². The Bertz CT molecular complexity index is 507. The fraction of sp³-hybridized carbons (Fsp3) is 0.632. The van der Waals surface area contributed by atoms with E-state index in [0.29, 0.717) is 70.8 Å². The highest BCUT2D eigenvalue weighted by atomic mass is 32.1. The number of esters is 1. The van der Waals surface area contributed by atoms with E-state index in [-0.39, 0.29) is 12.7 Å². The molecule has 152 valence electrons. The minimum absolute atomic E-state index is 0.108. The maximum atomic E-state index is 12.2. The van der Waals surface area contributed by atoms with Crippen molar-refractivity contribution in [2.75, 3.05) is 66.1 Å². The number of carbonyl (C=O) groups excluding carboxylic acids is 1. The molecule has 27 heavy (non-hydrogen) atoms. The maximum Gasteiger partial charge on any atom is 0.338 e. The zero-order chi connectivity index (χ0) is 19.2. The molecule has 1 unspecified atom stereocenters. The van der Waals surface area contributed by atoms with Crippen LogP contribution in [0.25, 0.3) is 0 Å². The molecule has 1 aliphatic rings. The molecule has 0 N–H and O–H groups in total. The van der Waals surface area contributed by atoms with Gasteiger partial charge in [0.1, 0.15) is 12.7 Å². The van der Waals surface area contributed by atoms with Gasteiger partial charge in [0.2, 0.25) is 0 Å². The quantitative estimate of drug-likeness (QED) is 0.610. The fourth-order valence-electron chi connectivity index (χ4n) is 2.29. The number of rotatable bonds is 4. The van der Waals surface area contributed by atoms with Crippen molar-refractivity contribution in [3.8, 4) is 0 Å².